The molecule has 1 saturated carbocycles. The molecule has 1 aliphatic carbocycles. The summed E-state index contributed by atoms with van der Waals surface area (Å²) in [7, 11) is 0. The van der Waals surface area contributed by atoms with Crippen molar-refractivity contribution in [1.29, 1.82) is 0 Å². The summed E-state index contributed by atoms with van der Waals surface area (Å²) in [5.74, 6) is 1.66. The summed E-state index contributed by atoms with van der Waals surface area (Å²) in [6.45, 7) is 6.78. The van der Waals surface area contributed by atoms with Crippen molar-refractivity contribution in [2.45, 2.75) is 46.0 Å². The molecule has 0 spiro atoms. The van der Waals surface area contributed by atoms with Gasteiger partial charge < -0.3 is 0 Å². The van der Waals surface area contributed by atoms with E-state index in [1.54, 1.807) is 5.56 Å². The van der Waals surface area contributed by atoms with E-state index in [0.29, 0.717) is 5.92 Å². The molecule has 0 aliphatic heterocycles. The Kier molecular flexibility index (Phi) is 2.62. The van der Waals surface area contributed by atoms with Crippen molar-refractivity contribution < 1.29 is 0 Å². The molecule has 76 valence electrons. The van der Waals surface area contributed by atoms with E-state index in [4.69, 9.17) is 0 Å². The Balaban J connectivity index is 2.21. The maximum atomic E-state index is 2.42. The summed E-state index contributed by atoms with van der Waals surface area (Å²) in [6, 6.07) is 6.97. The fourth-order valence-corrected chi connectivity index (χ4v) is 1.90. The predicted molar refractivity (Wildman–Crippen MR) is 61.7 cm³/mol. The van der Waals surface area contributed by atoms with Crippen LogP contribution in [0.2, 0.25) is 0 Å². The average Bonchev–Trinajstić information content (AvgIpc) is 2.92. The highest BCUT2D eigenvalue weighted by Crippen LogP contribution is 2.34. The van der Waals surface area contributed by atoms with Gasteiger partial charge in [-0.1, -0.05) is 32.0 Å². The van der Waals surface area contributed by atoms with Gasteiger partial charge in [-0.3, -0.25) is 0 Å². The van der Waals surface area contributed by atoms with Gasteiger partial charge in [-0.15, -0.1) is 0 Å². The Labute approximate surface area is 87.3 Å². The summed E-state index contributed by atoms with van der Waals surface area (Å²) in [5.41, 5.74) is 4.55. The quantitative estimate of drug-likeness (QED) is 0.670. The molecule has 0 aromatic heterocycles. The van der Waals surface area contributed by atoms with Crippen LogP contribution in [0, 0.1) is 12.8 Å². The van der Waals surface area contributed by atoms with E-state index < -0.39 is 0 Å². The van der Waals surface area contributed by atoms with Crippen LogP contribution in [0.3, 0.4) is 0 Å². The SMILES string of the molecule is Cc1ccc(C(C)C)cc1CC1CC1. The number of hydrogen-bond donors (Lipinski definition) is 0. The van der Waals surface area contributed by atoms with E-state index in [1.807, 2.05) is 0 Å². The molecular formula is C14H20. The van der Waals surface area contributed by atoms with Crippen molar-refractivity contribution in [3.63, 3.8) is 0 Å². The Bertz CT molecular complexity index is 319. The lowest BCUT2D eigenvalue weighted by Gasteiger charge is -2.10. The van der Waals surface area contributed by atoms with Crippen molar-refractivity contribution in [3.8, 4) is 0 Å². The van der Waals surface area contributed by atoms with Gasteiger partial charge in [-0.25, -0.2) is 0 Å². The third-order valence-corrected chi connectivity index (χ3v) is 3.25. The van der Waals surface area contributed by atoms with E-state index in [0.717, 1.165) is 5.92 Å². The molecule has 1 aliphatic rings. The first-order valence-corrected chi connectivity index (χ1v) is 5.76. The summed E-state index contributed by atoms with van der Waals surface area (Å²) in [5, 5.41) is 0. The minimum Gasteiger partial charge on any atom is -0.0588 e. The van der Waals surface area contributed by atoms with Gasteiger partial charge in [0, 0.05) is 0 Å². The number of aryl methyl sites for hydroxylation is 1. The monoisotopic (exact) mass is 188 g/mol. The Morgan fingerprint density at radius 3 is 2.57 bits per heavy atom. The van der Waals surface area contributed by atoms with Crippen LogP contribution in [-0.2, 0) is 6.42 Å². The topological polar surface area (TPSA) is 0 Å². The Hall–Kier alpha value is -0.780. The minimum atomic E-state index is 0.661. The molecule has 1 aromatic rings. The maximum Gasteiger partial charge on any atom is -0.0219 e. The van der Waals surface area contributed by atoms with E-state index in [2.05, 4.69) is 39.0 Å². The number of hydrogen-bond acceptors (Lipinski definition) is 0. The Morgan fingerprint density at radius 1 is 1.29 bits per heavy atom. The summed E-state index contributed by atoms with van der Waals surface area (Å²) >= 11 is 0. The maximum absolute atomic E-state index is 2.42. The lowest BCUT2D eigenvalue weighted by molar-refractivity contribution is 0.812. The van der Waals surface area contributed by atoms with Crippen LogP contribution >= 0.6 is 0 Å². The third kappa shape index (κ3) is 2.17. The summed E-state index contributed by atoms with van der Waals surface area (Å²) in [6.07, 6.45) is 4.21. The lowest BCUT2D eigenvalue weighted by Crippen LogP contribution is -1.95. The number of benzene rings is 1. The Morgan fingerprint density at radius 2 is 2.00 bits per heavy atom. The number of rotatable bonds is 3. The first-order chi connectivity index (χ1) is 6.66. The smallest absolute Gasteiger partial charge is 0.0219 e. The zero-order chi connectivity index (χ0) is 10.1. The van der Waals surface area contributed by atoms with Gasteiger partial charge in [-0.2, -0.15) is 0 Å². The zero-order valence-corrected chi connectivity index (χ0v) is 9.51. The summed E-state index contributed by atoms with van der Waals surface area (Å²) < 4.78 is 0. The second-order valence-corrected chi connectivity index (χ2v) is 4.99. The van der Waals surface area contributed by atoms with E-state index in [9.17, 15) is 0 Å². The molecule has 0 saturated heterocycles. The molecule has 1 aromatic carbocycles. The molecular weight excluding hydrogens is 168 g/mol. The van der Waals surface area contributed by atoms with Crippen LogP contribution in [0.1, 0.15) is 49.3 Å². The van der Waals surface area contributed by atoms with Crippen LogP contribution in [0.25, 0.3) is 0 Å². The van der Waals surface area contributed by atoms with Gasteiger partial charge in [0.2, 0.25) is 0 Å². The fourth-order valence-electron chi connectivity index (χ4n) is 1.90. The highest BCUT2D eigenvalue weighted by atomic mass is 14.3. The van der Waals surface area contributed by atoms with Crippen LogP contribution in [-0.4, -0.2) is 0 Å². The van der Waals surface area contributed by atoms with Gasteiger partial charge in [-0.05, 0) is 54.7 Å². The predicted octanol–water partition coefficient (Wildman–Crippen LogP) is 4.07. The van der Waals surface area contributed by atoms with Crippen molar-refractivity contribution in [2.24, 2.45) is 5.92 Å². The molecule has 1 fully saturated rings. The first-order valence-electron chi connectivity index (χ1n) is 5.76. The normalized spacial score (nSPS) is 16.3. The van der Waals surface area contributed by atoms with Crippen molar-refractivity contribution in [1.82, 2.24) is 0 Å². The lowest BCUT2D eigenvalue weighted by atomic mass is 9.95. The second-order valence-electron chi connectivity index (χ2n) is 4.99. The largest absolute Gasteiger partial charge is 0.0588 e. The third-order valence-electron chi connectivity index (χ3n) is 3.25. The standard InChI is InChI=1S/C14H20/c1-10(2)13-7-4-11(3)14(9-13)8-12-5-6-12/h4,7,9-10,12H,5-6,8H2,1-3H3. The molecule has 14 heavy (non-hydrogen) atoms. The molecule has 2 rings (SSSR count). The van der Waals surface area contributed by atoms with Crippen LogP contribution in [0.5, 0.6) is 0 Å². The fraction of sp³-hybridized carbons (Fsp3) is 0.571. The van der Waals surface area contributed by atoms with Crippen LogP contribution < -0.4 is 0 Å². The zero-order valence-electron chi connectivity index (χ0n) is 9.51. The summed E-state index contributed by atoms with van der Waals surface area (Å²) in [4.78, 5) is 0. The van der Waals surface area contributed by atoms with Crippen molar-refractivity contribution in [3.05, 3.63) is 34.9 Å². The highest BCUT2D eigenvalue weighted by Gasteiger charge is 2.22. The van der Waals surface area contributed by atoms with Crippen molar-refractivity contribution >= 4 is 0 Å². The second kappa shape index (κ2) is 3.76. The molecule has 0 radical (unpaired) electrons. The highest BCUT2D eigenvalue weighted by molar-refractivity contribution is 5.33. The van der Waals surface area contributed by atoms with Gasteiger partial charge in [0.15, 0.2) is 0 Å². The van der Waals surface area contributed by atoms with Crippen LogP contribution in [0.15, 0.2) is 18.2 Å². The van der Waals surface area contributed by atoms with Gasteiger partial charge >= 0.3 is 0 Å². The average molecular weight is 188 g/mol. The molecule has 0 atom stereocenters. The molecule has 0 unspecified atom stereocenters. The van der Waals surface area contributed by atoms with E-state index in [1.165, 1.54) is 30.4 Å². The van der Waals surface area contributed by atoms with E-state index >= 15 is 0 Å². The molecule has 0 amide bonds. The van der Waals surface area contributed by atoms with E-state index in [-0.39, 0.29) is 0 Å². The molecule has 0 heteroatoms. The van der Waals surface area contributed by atoms with Crippen molar-refractivity contribution in [2.75, 3.05) is 0 Å². The molecule has 0 N–H and O–H groups in total. The molecule has 0 nitrogen and oxygen atoms in total. The van der Waals surface area contributed by atoms with Gasteiger partial charge in [0.1, 0.15) is 0 Å². The minimum absolute atomic E-state index is 0.661. The van der Waals surface area contributed by atoms with Gasteiger partial charge in [0.05, 0.1) is 0 Å². The van der Waals surface area contributed by atoms with Gasteiger partial charge in [0.25, 0.3) is 0 Å². The van der Waals surface area contributed by atoms with Crippen LogP contribution in [0.4, 0.5) is 0 Å². The molecule has 0 bridgehead atoms. The molecule has 0 heterocycles. The first kappa shape index (κ1) is 9.76.